The van der Waals surface area contributed by atoms with Crippen molar-refractivity contribution in [2.75, 3.05) is 0 Å². The van der Waals surface area contributed by atoms with Crippen LogP contribution in [0.25, 0.3) is 5.65 Å². The predicted octanol–water partition coefficient (Wildman–Crippen LogP) is 3.43. The largest absolute Gasteiger partial charge is 0.456 e. The third-order valence-corrected chi connectivity index (χ3v) is 4.47. The van der Waals surface area contributed by atoms with Gasteiger partial charge in [0, 0.05) is 18.5 Å². The molecule has 0 spiro atoms. The first-order valence-electron chi connectivity index (χ1n) is 8.02. The number of hydrogen-bond donors (Lipinski definition) is 0. The number of imidazole rings is 1. The van der Waals surface area contributed by atoms with E-state index in [0.717, 1.165) is 16.9 Å². The van der Waals surface area contributed by atoms with E-state index in [1.165, 1.54) is 31.3 Å². The number of ether oxygens (including phenoxy) is 1. The number of rotatable bonds is 5. The second kappa shape index (κ2) is 5.27. The van der Waals surface area contributed by atoms with Gasteiger partial charge in [0.2, 0.25) is 0 Å². The van der Waals surface area contributed by atoms with E-state index >= 15 is 0 Å². The minimum absolute atomic E-state index is 0.220. The highest BCUT2D eigenvalue weighted by molar-refractivity contribution is 5.83. The third-order valence-electron chi connectivity index (χ3n) is 4.47. The predicted molar refractivity (Wildman–Crippen MR) is 83.3 cm³/mol. The van der Waals surface area contributed by atoms with E-state index in [1.54, 1.807) is 6.08 Å². The Labute approximate surface area is 129 Å². The fraction of sp³-hybridized carbons (Fsp3) is 0.444. The Balaban J connectivity index is 1.43. The van der Waals surface area contributed by atoms with Crippen LogP contribution in [-0.2, 0) is 16.1 Å². The molecule has 2 heterocycles. The number of hydrogen-bond acceptors (Lipinski definition) is 3. The van der Waals surface area contributed by atoms with Crippen molar-refractivity contribution in [3.63, 3.8) is 0 Å². The molecule has 4 rings (SSSR count). The molecular weight excluding hydrogens is 276 g/mol. The molecule has 2 saturated carbocycles. The van der Waals surface area contributed by atoms with Gasteiger partial charge in [0.05, 0.1) is 5.69 Å². The Hall–Kier alpha value is -2.10. The highest BCUT2D eigenvalue weighted by atomic mass is 16.5. The van der Waals surface area contributed by atoms with Crippen molar-refractivity contribution in [1.82, 2.24) is 9.38 Å². The van der Waals surface area contributed by atoms with Crippen LogP contribution in [0.1, 0.15) is 36.9 Å². The molecule has 0 atom stereocenters. The Morgan fingerprint density at radius 2 is 2.09 bits per heavy atom. The first-order chi connectivity index (χ1) is 10.7. The molecule has 2 aliphatic carbocycles. The van der Waals surface area contributed by atoms with Crippen LogP contribution in [0.5, 0.6) is 0 Å². The quantitative estimate of drug-likeness (QED) is 0.627. The lowest BCUT2D eigenvalue weighted by Crippen LogP contribution is -2.04. The lowest BCUT2D eigenvalue weighted by molar-refractivity contribution is -0.139. The number of carbonyl (C=O) groups is 1. The van der Waals surface area contributed by atoms with Gasteiger partial charge < -0.3 is 9.14 Å². The van der Waals surface area contributed by atoms with E-state index in [9.17, 15) is 4.79 Å². The molecule has 2 aromatic rings. The van der Waals surface area contributed by atoms with E-state index in [1.807, 2.05) is 35.9 Å². The van der Waals surface area contributed by atoms with Crippen LogP contribution in [0, 0.1) is 18.8 Å². The maximum atomic E-state index is 12.0. The molecule has 0 N–H and O–H groups in total. The number of aryl methyl sites for hydroxylation is 1. The zero-order valence-electron chi connectivity index (χ0n) is 12.8. The standard InChI is InChI=1S/C18H20N2O2/c1-12-3-2-8-20-10-15(19-18(12)20)11-22-17(21)9-16(13-4-5-13)14-6-7-14/h2-3,8-10,13-14H,4-7,11H2,1H3. The number of aromatic nitrogens is 2. The number of fused-ring (bicyclic) bond motifs is 1. The molecule has 0 aliphatic heterocycles. The van der Waals surface area contributed by atoms with Crippen molar-refractivity contribution in [3.05, 3.63) is 47.4 Å². The highest BCUT2D eigenvalue weighted by Crippen LogP contribution is 2.48. The summed E-state index contributed by atoms with van der Waals surface area (Å²) in [7, 11) is 0. The Morgan fingerprint density at radius 3 is 2.73 bits per heavy atom. The van der Waals surface area contributed by atoms with Gasteiger partial charge in [-0.1, -0.05) is 11.6 Å². The number of allylic oxidation sites excluding steroid dienone is 1. The highest BCUT2D eigenvalue weighted by Gasteiger charge is 2.36. The summed E-state index contributed by atoms with van der Waals surface area (Å²) in [6.45, 7) is 2.26. The van der Waals surface area contributed by atoms with Gasteiger partial charge in [0.25, 0.3) is 0 Å². The molecule has 0 radical (unpaired) electrons. The van der Waals surface area contributed by atoms with Crippen molar-refractivity contribution in [3.8, 4) is 0 Å². The lowest BCUT2D eigenvalue weighted by atomic mass is 10.1. The monoisotopic (exact) mass is 296 g/mol. The van der Waals surface area contributed by atoms with Crippen LogP contribution < -0.4 is 0 Å². The first-order valence-corrected chi connectivity index (χ1v) is 8.02. The minimum atomic E-state index is -0.220. The van der Waals surface area contributed by atoms with Gasteiger partial charge >= 0.3 is 5.97 Å². The molecule has 0 saturated heterocycles. The Bertz CT molecular complexity index is 738. The van der Waals surface area contributed by atoms with E-state index < -0.39 is 0 Å². The second-order valence-corrected chi connectivity index (χ2v) is 6.45. The van der Waals surface area contributed by atoms with Crippen LogP contribution in [0.4, 0.5) is 0 Å². The van der Waals surface area contributed by atoms with E-state index in [2.05, 4.69) is 4.98 Å². The number of esters is 1. The number of carbonyl (C=O) groups excluding carboxylic acids is 1. The number of nitrogens with zero attached hydrogens (tertiary/aromatic N) is 2. The smallest absolute Gasteiger partial charge is 0.331 e. The molecule has 0 aromatic carbocycles. The van der Waals surface area contributed by atoms with Crippen LogP contribution in [0.3, 0.4) is 0 Å². The topological polar surface area (TPSA) is 43.6 Å². The van der Waals surface area contributed by atoms with Gasteiger partial charge in [-0.15, -0.1) is 0 Å². The molecule has 4 nitrogen and oxygen atoms in total. The normalized spacial score (nSPS) is 17.5. The van der Waals surface area contributed by atoms with Crippen molar-refractivity contribution < 1.29 is 9.53 Å². The summed E-state index contributed by atoms with van der Waals surface area (Å²) in [5.41, 5.74) is 4.15. The Kier molecular flexibility index (Phi) is 3.25. The van der Waals surface area contributed by atoms with E-state index in [0.29, 0.717) is 11.8 Å². The van der Waals surface area contributed by atoms with Crippen LogP contribution in [-0.4, -0.2) is 15.4 Å². The summed E-state index contributed by atoms with van der Waals surface area (Å²) in [5, 5.41) is 0. The van der Waals surface area contributed by atoms with Crippen molar-refractivity contribution in [1.29, 1.82) is 0 Å². The molecule has 2 aromatic heterocycles. The van der Waals surface area contributed by atoms with Crippen molar-refractivity contribution in [2.24, 2.45) is 11.8 Å². The average molecular weight is 296 g/mol. The fourth-order valence-corrected chi connectivity index (χ4v) is 3.00. The summed E-state index contributed by atoms with van der Waals surface area (Å²) in [6, 6.07) is 4.01. The van der Waals surface area contributed by atoms with Gasteiger partial charge in [-0.3, -0.25) is 0 Å². The molecule has 2 fully saturated rings. The molecular formula is C18H20N2O2. The third kappa shape index (κ3) is 2.78. The van der Waals surface area contributed by atoms with Crippen LogP contribution in [0.2, 0.25) is 0 Å². The molecule has 0 unspecified atom stereocenters. The number of pyridine rings is 1. The van der Waals surface area contributed by atoms with Gasteiger partial charge in [-0.05, 0) is 56.1 Å². The summed E-state index contributed by atoms with van der Waals surface area (Å²) in [6.07, 6.45) is 10.6. The molecule has 0 bridgehead atoms. The first kappa shape index (κ1) is 13.6. The fourth-order valence-electron chi connectivity index (χ4n) is 3.00. The van der Waals surface area contributed by atoms with E-state index in [-0.39, 0.29) is 12.6 Å². The zero-order chi connectivity index (χ0) is 15.1. The van der Waals surface area contributed by atoms with Gasteiger partial charge in [-0.25, -0.2) is 9.78 Å². The maximum absolute atomic E-state index is 12.0. The maximum Gasteiger partial charge on any atom is 0.331 e. The van der Waals surface area contributed by atoms with Gasteiger partial charge in [-0.2, -0.15) is 0 Å². The summed E-state index contributed by atoms with van der Waals surface area (Å²) >= 11 is 0. The SMILES string of the molecule is Cc1cccn2cc(COC(=O)C=C(C3CC3)C3CC3)nc12. The molecule has 114 valence electrons. The molecule has 22 heavy (non-hydrogen) atoms. The summed E-state index contributed by atoms with van der Waals surface area (Å²) in [4.78, 5) is 16.6. The second-order valence-electron chi connectivity index (χ2n) is 6.45. The lowest BCUT2D eigenvalue weighted by Gasteiger charge is -2.04. The van der Waals surface area contributed by atoms with Gasteiger partial charge in [0.1, 0.15) is 12.3 Å². The van der Waals surface area contributed by atoms with Crippen molar-refractivity contribution >= 4 is 11.6 Å². The van der Waals surface area contributed by atoms with Crippen LogP contribution in [0.15, 0.2) is 36.2 Å². The van der Waals surface area contributed by atoms with Crippen LogP contribution >= 0.6 is 0 Å². The summed E-state index contributed by atoms with van der Waals surface area (Å²) in [5.74, 6) is 1.08. The molecule has 2 aliphatic rings. The summed E-state index contributed by atoms with van der Waals surface area (Å²) < 4.78 is 7.36. The molecule has 0 amide bonds. The van der Waals surface area contributed by atoms with E-state index in [4.69, 9.17) is 4.74 Å². The minimum Gasteiger partial charge on any atom is -0.456 e. The van der Waals surface area contributed by atoms with Crippen molar-refractivity contribution in [2.45, 2.75) is 39.2 Å². The Morgan fingerprint density at radius 1 is 1.36 bits per heavy atom. The van der Waals surface area contributed by atoms with Gasteiger partial charge in [0.15, 0.2) is 0 Å². The molecule has 4 heteroatoms. The average Bonchev–Trinajstić information content (AvgIpc) is 3.40. The zero-order valence-corrected chi connectivity index (χ0v) is 12.8.